The van der Waals surface area contributed by atoms with Crippen molar-refractivity contribution in [3.63, 3.8) is 0 Å². The molecule has 1 aromatic rings. The highest BCUT2D eigenvalue weighted by Gasteiger charge is 1.99. The molecule has 2 N–H and O–H groups in total. The number of hydrogen-bond acceptors (Lipinski definition) is 4. The summed E-state index contributed by atoms with van der Waals surface area (Å²) in [5, 5.41) is 6.60. The van der Waals surface area contributed by atoms with Gasteiger partial charge in [0.1, 0.15) is 0 Å². The van der Waals surface area contributed by atoms with Crippen LogP contribution in [0.5, 0.6) is 0 Å². The number of nitrogens with one attached hydrogen (secondary N) is 2. The molecule has 0 atom stereocenters. The van der Waals surface area contributed by atoms with Crippen LogP contribution in [0.15, 0.2) is 23.7 Å². The molecule has 7 heteroatoms. The van der Waals surface area contributed by atoms with Crippen LogP contribution in [0.4, 0.5) is 0 Å². The molecule has 22 heavy (non-hydrogen) atoms. The standard InChI is InChI=1S/C15H30N6O/c1-4-17-15(19-8-12-21-11-6-16-14-21)18-7-10-20(2)9-5-13-22-3/h6,11,14H,4-5,7-10,12-13H2,1-3H3,(H2,17,18,19). The van der Waals surface area contributed by atoms with Gasteiger partial charge >= 0.3 is 0 Å². The topological polar surface area (TPSA) is 66.7 Å². The Hall–Kier alpha value is -1.60. The molecule has 1 aromatic heterocycles. The van der Waals surface area contributed by atoms with E-state index in [-0.39, 0.29) is 0 Å². The Morgan fingerprint density at radius 3 is 2.91 bits per heavy atom. The van der Waals surface area contributed by atoms with E-state index in [9.17, 15) is 0 Å². The van der Waals surface area contributed by atoms with Crippen LogP contribution in [0, 0.1) is 0 Å². The fourth-order valence-electron chi connectivity index (χ4n) is 1.99. The molecular weight excluding hydrogens is 280 g/mol. The number of likely N-dealkylation sites (N-methyl/N-ethyl adjacent to an activating group) is 1. The number of guanidine groups is 1. The quantitative estimate of drug-likeness (QED) is 0.352. The fourth-order valence-corrected chi connectivity index (χ4v) is 1.99. The minimum atomic E-state index is 0.782. The molecule has 7 nitrogen and oxygen atoms in total. The summed E-state index contributed by atoms with van der Waals surface area (Å²) in [6, 6.07) is 0. The molecule has 0 aromatic carbocycles. The number of nitrogens with zero attached hydrogens (tertiary/aromatic N) is 4. The van der Waals surface area contributed by atoms with E-state index in [0.29, 0.717) is 0 Å². The zero-order chi connectivity index (χ0) is 16.0. The predicted molar refractivity (Wildman–Crippen MR) is 90.2 cm³/mol. The molecule has 0 unspecified atom stereocenters. The van der Waals surface area contributed by atoms with E-state index in [4.69, 9.17) is 4.74 Å². The van der Waals surface area contributed by atoms with E-state index in [1.165, 1.54) is 0 Å². The van der Waals surface area contributed by atoms with Crippen LogP contribution in [0.1, 0.15) is 13.3 Å². The molecule has 0 saturated heterocycles. The second kappa shape index (κ2) is 12.0. The average molecular weight is 310 g/mol. The van der Waals surface area contributed by atoms with Crippen molar-refractivity contribution in [1.29, 1.82) is 0 Å². The monoisotopic (exact) mass is 310 g/mol. The molecule has 1 rings (SSSR count). The second-order valence-electron chi connectivity index (χ2n) is 5.14. The largest absolute Gasteiger partial charge is 0.385 e. The molecule has 0 aliphatic carbocycles. The fraction of sp³-hybridized carbons (Fsp3) is 0.733. The summed E-state index contributed by atoms with van der Waals surface area (Å²) in [5.41, 5.74) is 0. The third-order valence-electron chi connectivity index (χ3n) is 3.21. The van der Waals surface area contributed by atoms with E-state index in [1.54, 1.807) is 13.3 Å². The summed E-state index contributed by atoms with van der Waals surface area (Å²) in [4.78, 5) is 10.9. The van der Waals surface area contributed by atoms with Gasteiger partial charge in [-0.25, -0.2) is 4.98 Å². The van der Waals surface area contributed by atoms with Crippen molar-refractivity contribution in [1.82, 2.24) is 25.1 Å². The van der Waals surface area contributed by atoms with Gasteiger partial charge in [0.15, 0.2) is 5.96 Å². The van der Waals surface area contributed by atoms with Crippen molar-refractivity contribution in [2.24, 2.45) is 4.99 Å². The summed E-state index contributed by atoms with van der Waals surface area (Å²) >= 11 is 0. The second-order valence-corrected chi connectivity index (χ2v) is 5.14. The Labute approximate surface area is 133 Å². The number of methoxy groups -OCH3 is 1. The highest BCUT2D eigenvalue weighted by Crippen LogP contribution is 1.89. The zero-order valence-electron chi connectivity index (χ0n) is 14.1. The smallest absolute Gasteiger partial charge is 0.191 e. The summed E-state index contributed by atoms with van der Waals surface area (Å²) in [6.45, 7) is 8.21. The molecule has 0 spiro atoms. The van der Waals surface area contributed by atoms with E-state index in [1.807, 2.05) is 17.1 Å². The zero-order valence-corrected chi connectivity index (χ0v) is 14.1. The van der Waals surface area contributed by atoms with Gasteiger partial charge in [-0.3, -0.25) is 4.99 Å². The van der Waals surface area contributed by atoms with Crippen LogP contribution in [-0.4, -0.2) is 73.9 Å². The van der Waals surface area contributed by atoms with Gasteiger partial charge in [-0.2, -0.15) is 0 Å². The molecule has 0 aliphatic heterocycles. The Morgan fingerprint density at radius 1 is 1.36 bits per heavy atom. The first-order chi connectivity index (χ1) is 10.8. The van der Waals surface area contributed by atoms with Crippen molar-refractivity contribution in [2.45, 2.75) is 19.9 Å². The normalized spacial score (nSPS) is 11.9. The Kier molecular flexibility index (Phi) is 10.1. The van der Waals surface area contributed by atoms with Crippen LogP contribution in [0.3, 0.4) is 0 Å². The van der Waals surface area contributed by atoms with Crippen molar-refractivity contribution < 1.29 is 4.74 Å². The minimum absolute atomic E-state index is 0.782. The first kappa shape index (κ1) is 18.4. The maximum atomic E-state index is 5.06. The van der Waals surface area contributed by atoms with Crippen LogP contribution >= 0.6 is 0 Å². The molecule has 0 aliphatic rings. The van der Waals surface area contributed by atoms with Gasteiger partial charge in [-0.15, -0.1) is 0 Å². The Bertz CT molecular complexity index is 393. The van der Waals surface area contributed by atoms with Gasteiger partial charge < -0.3 is 24.8 Å². The average Bonchev–Trinajstić information content (AvgIpc) is 3.01. The molecule has 0 amide bonds. The highest BCUT2D eigenvalue weighted by atomic mass is 16.5. The number of rotatable bonds is 11. The van der Waals surface area contributed by atoms with E-state index < -0.39 is 0 Å². The van der Waals surface area contributed by atoms with E-state index >= 15 is 0 Å². The van der Waals surface area contributed by atoms with Gasteiger partial charge in [0.25, 0.3) is 0 Å². The number of aromatic nitrogens is 2. The third-order valence-corrected chi connectivity index (χ3v) is 3.21. The summed E-state index contributed by atoms with van der Waals surface area (Å²) in [7, 11) is 3.85. The molecule has 126 valence electrons. The predicted octanol–water partition coefficient (Wildman–Crippen LogP) is 0.407. The number of hydrogen-bond donors (Lipinski definition) is 2. The lowest BCUT2D eigenvalue weighted by Crippen LogP contribution is -2.39. The summed E-state index contributed by atoms with van der Waals surface area (Å²) < 4.78 is 7.10. The van der Waals surface area contributed by atoms with Crippen LogP contribution in [0.2, 0.25) is 0 Å². The van der Waals surface area contributed by atoms with Gasteiger partial charge in [0, 0.05) is 58.8 Å². The molecular formula is C15H30N6O. The number of aliphatic imine (C=N–C) groups is 1. The van der Waals surface area contributed by atoms with Gasteiger partial charge in [0.05, 0.1) is 12.9 Å². The lowest BCUT2D eigenvalue weighted by Gasteiger charge is -2.16. The first-order valence-corrected chi connectivity index (χ1v) is 7.91. The summed E-state index contributed by atoms with van der Waals surface area (Å²) in [6.07, 6.45) is 6.63. The van der Waals surface area contributed by atoms with E-state index in [0.717, 1.165) is 58.3 Å². The number of ether oxygens (including phenoxy) is 1. The SMILES string of the molecule is CCNC(=NCCN(C)CCCOC)NCCn1ccnc1. The van der Waals surface area contributed by atoms with Crippen molar-refractivity contribution in [3.05, 3.63) is 18.7 Å². The lowest BCUT2D eigenvalue weighted by atomic mass is 10.4. The first-order valence-electron chi connectivity index (χ1n) is 7.91. The maximum Gasteiger partial charge on any atom is 0.191 e. The van der Waals surface area contributed by atoms with Crippen LogP contribution in [0.25, 0.3) is 0 Å². The van der Waals surface area contributed by atoms with Gasteiger partial charge in [-0.1, -0.05) is 0 Å². The lowest BCUT2D eigenvalue weighted by molar-refractivity contribution is 0.180. The summed E-state index contributed by atoms with van der Waals surface area (Å²) in [5.74, 6) is 0.868. The van der Waals surface area contributed by atoms with Gasteiger partial charge in [0.2, 0.25) is 0 Å². The molecule has 1 heterocycles. The molecule has 0 fully saturated rings. The number of imidazole rings is 1. The Balaban J connectivity index is 2.22. The molecule has 0 radical (unpaired) electrons. The van der Waals surface area contributed by atoms with Crippen molar-refractivity contribution >= 4 is 5.96 Å². The highest BCUT2D eigenvalue weighted by molar-refractivity contribution is 5.79. The maximum absolute atomic E-state index is 5.06. The van der Waals surface area contributed by atoms with Gasteiger partial charge in [-0.05, 0) is 20.4 Å². The van der Waals surface area contributed by atoms with Crippen molar-refractivity contribution in [3.8, 4) is 0 Å². The minimum Gasteiger partial charge on any atom is -0.385 e. The van der Waals surface area contributed by atoms with Crippen molar-refractivity contribution in [2.75, 3.05) is 53.5 Å². The molecule has 0 saturated carbocycles. The van der Waals surface area contributed by atoms with E-state index in [2.05, 4.69) is 39.5 Å². The third kappa shape index (κ3) is 8.63. The Morgan fingerprint density at radius 2 is 2.23 bits per heavy atom. The molecule has 0 bridgehead atoms. The van der Waals surface area contributed by atoms with Crippen LogP contribution in [-0.2, 0) is 11.3 Å². The van der Waals surface area contributed by atoms with Crippen LogP contribution < -0.4 is 10.6 Å².